The SMILES string of the molecule is O=S(=O)(c1ccccc1Br)C1CCOC1. The van der Waals surface area contributed by atoms with Crippen LogP contribution in [0.4, 0.5) is 0 Å². The van der Waals surface area contributed by atoms with Crippen molar-refractivity contribution in [2.75, 3.05) is 13.2 Å². The predicted molar refractivity (Wildman–Crippen MR) is 60.6 cm³/mol. The molecule has 15 heavy (non-hydrogen) atoms. The van der Waals surface area contributed by atoms with Crippen LogP contribution in [-0.4, -0.2) is 26.9 Å². The largest absolute Gasteiger partial charge is 0.380 e. The van der Waals surface area contributed by atoms with Gasteiger partial charge in [0, 0.05) is 11.1 Å². The molecule has 0 saturated carbocycles. The van der Waals surface area contributed by atoms with Crippen molar-refractivity contribution in [2.45, 2.75) is 16.6 Å². The number of sulfone groups is 1. The molecule has 2 rings (SSSR count). The van der Waals surface area contributed by atoms with Gasteiger partial charge in [-0.25, -0.2) is 8.42 Å². The summed E-state index contributed by atoms with van der Waals surface area (Å²) in [4.78, 5) is 0.362. The molecule has 0 bridgehead atoms. The summed E-state index contributed by atoms with van der Waals surface area (Å²) in [5.41, 5.74) is 0. The Morgan fingerprint density at radius 2 is 2.07 bits per heavy atom. The maximum Gasteiger partial charge on any atom is 0.184 e. The predicted octanol–water partition coefficient (Wildman–Crippen LogP) is 2.01. The Kier molecular flexibility index (Phi) is 3.13. The molecule has 1 saturated heterocycles. The van der Waals surface area contributed by atoms with Crippen molar-refractivity contribution >= 4 is 25.8 Å². The fourth-order valence-corrected chi connectivity index (χ4v) is 4.22. The molecule has 0 amide bonds. The van der Waals surface area contributed by atoms with Crippen LogP contribution in [0.2, 0.25) is 0 Å². The molecular formula is C10H11BrO3S. The summed E-state index contributed by atoms with van der Waals surface area (Å²) in [5, 5.41) is -0.392. The zero-order chi connectivity index (χ0) is 10.9. The summed E-state index contributed by atoms with van der Waals surface area (Å²) in [7, 11) is -3.24. The van der Waals surface area contributed by atoms with E-state index in [1.807, 2.05) is 0 Å². The number of rotatable bonds is 2. The molecule has 1 aliphatic heterocycles. The van der Waals surface area contributed by atoms with Gasteiger partial charge in [0.25, 0.3) is 0 Å². The lowest BCUT2D eigenvalue weighted by molar-refractivity contribution is 0.198. The molecule has 1 aliphatic rings. The van der Waals surface area contributed by atoms with E-state index < -0.39 is 15.1 Å². The lowest BCUT2D eigenvalue weighted by Gasteiger charge is -2.10. The van der Waals surface area contributed by atoms with Crippen LogP contribution in [0.25, 0.3) is 0 Å². The van der Waals surface area contributed by atoms with Crippen LogP contribution in [-0.2, 0) is 14.6 Å². The average molecular weight is 291 g/mol. The van der Waals surface area contributed by atoms with Crippen molar-refractivity contribution in [3.8, 4) is 0 Å². The van der Waals surface area contributed by atoms with Gasteiger partial charge in [-0.15, -0.1) is 0 Å². The highest BCUT2D eigenvalue weighted by atomic mass is 79.9. The van der Waals surface area contributed by atoms with Gasteiger partial charge in [0.15, 0.2) is 9.84 Å². The fourth-order valence-electron chi connectivity index (χ4n) is 1.61. The minimum absolute atomic E-state index is 0.309. The molecule has 1 heterocycles. The summed E-state index contributed by atoms with van der Waals surface area (Å²) in [6, 6.07) is 6.89. The van der Waals surface area contributed by atoms with Crippen LogP contribution in [0.5, 0.6) is 0 Å². The Morgan fingerprint density at radius 3 is 2.67 bits per heavy atom. The van der Waals surface area contributed by atoms with Crippen molar-refractivity contribution in [2.24, 2.45) is 0 Å². The van der Waals surface area contributed by atoms with Crippen LogP contribution in [0.3, 0.4) is 0 Å². The fraction of sp³-hybridized carbons (Fsp3) is 0.400. The normalized spacial score (nSPS) is 21.8. The van der Waals surface area contributed by atoms with E-state index in [2.05, 4.69) is 15.9 Å². The van der Waals surface area contributed by atoms with E-state index in [0.29, 0.717) is 29.0 Å². The zero-order valence-electron chi connectivity index (χ0n) is 8.02. The smallest absolute Gasteiger partial charge is 0.184 e. The highest BCUT2D eigenvalue weighted by molar-refractivity contribution is 9.10. The van der Waals surface area contributed by atoms with Crippen molar-refractivity contribution in [1.29, 1.82) is 0 Å². The highest BCUT2D eigenvalue weighted by Gasteiger charge is 2.32. The summed E-state index contributed by atoms with van der Waals surface area (Å²) < 4.78 is 30.0. The topological polar surface area (TPSA) is 43.4 Å². The van der Waals surface area contributed by atoms with Crippen molar-refractivity contribution in [1.82, 2.24) is 0 Å². The molecule has 0 aliphatic carbocycles. The number of ether oxygens (including phenoxy) is 1. The van der Waals surface area contributed by atoms with Gasteiger partial charge in [0.2, 0.25) is 0 Å². The molecule has 0 radical (unpaired) electrons. The van der Waals surface area contributed by atoms with Gasteiger partial charge in [-0.3, -0.25) is 0 Å². The van der Waals surface area contributed by atoms with Crippen LogP contribution in [0.1, 0.15) is 6.42 Å². The Hall–Kier alpha value is -0.390. The number of hydrogen-bond donors (Lipinski definition) is 0. The molecule has 0 aromatic heterocycles. The van der Waals surface area contributed by atoms with Crippen LogP contribution >= 0.6 is 15.9 Å². The standard InChI is InChI=1S/C10H11BrO3S/c11-9-3-1-2-4-10(9)15(12,13)8-5-6-14-7-8/h1-4,8H,5-7H2. The Balaban J connectivity index is 2.41. The summed E-state index contributed by atoms with van der Waals surface area (Å²) in [5.74, 6) is 0. The third-order valence-electron chi connectivity index (χ3n) is 2.47. The Labute approximate surface area is 97.5 Å². The molecule has 1 unspecified atom stereocenters. The second kappa shape index (κ2) is 4.23. The van der Waals surface area contributed by atoms with Gasteiger partial charge in [-0.1, -0.05) is 12.1 Å². The third-order valence-corrected chi connectivity index (χ3v) is 5.64. The number of hydrogen-bond acceptors (Lipinski definition) is 3. The second-order valence-corrected chi connectivity index (χ2v) is 6.51. The van der Waals surface area contributed by atoms with Gasteiger partial charge < -0.3 is 4.74 Å². The molecule has 0 N–H and O–H groups in total. The van der Waals surface area contributed by atoms with E-state index in [0.717, 1.165) is 0 Å². The van der Waals surface area contributed by atoms with E-state index in [1.54, 1.807) is 24.3 Å². The lowest BCUT2D eigenvalue weighted by atomic mass is 10.4. The molecule has 1 fully saturated rings. The molecule has 0 spiro atoms. The van der Waals surface area contributed by atoms with Crippen LogP contribution in [0, 0.1) is 0 Å². The summed E-state index contributed by atoms with van der Waals surface area (Å²) in [6.45, 7) is 0.845. The number of benzene rings is 1. The van der Waals surface area contributed by atoms with Crippen molar-refractivity contribution < 1.29 is 13.2 Å². The van der Waals surface area contributed by atoms with Crippen molar-refractivity contribution in [3.05, 3.63) is 28.7 Å². The van der Waals surface area contributed by atoms with Crippen LogP contribution < -0.4 is 0 Å². The molecule has 82 valence electrons. The van der Waals surface area contributed by atoms with Gasteiger partial charge >= 0.3 is 0 Å². The third kappa shape index (κ3) is 2.09. The first kappa shape index (κ1) is 11.1. The van der Waals surface area contributed by atoms with Gasteiger partial charge in [-0.05, 0) is 34.5 Å². The minimum Gasteiger partial charge on any atom is -0.380 e. The van der Waals surface area contributed by atoms with E-state index in [9.17, 15) is 8.42 Å². The molecule has 1 atom stereocenters. The molecule has 1 aromatic rings. The van der Waals surface area contributed by atoms with Gasteiger partial charge in [0.1, 0.15) is 0 Å². The minimum atomic E-state index is -3.24. The lowest BCUT2D eigenvalue weighted by Crippen LogP contribution is -2.21. The second-order valence-electron chi connectivity index (χ2n) is 3.46. The maximum atomic E-state index is 12.1. The van der Waals surface area contributed by atoms with E-state index in [-0.39, 0.29) is 0 Å². The summed E-state index contributed by atoms with van der Waals surface area (Å²) >= 11 is 3.26. The van der Waals surface area contributed by atoms with Crippen molar-refractivity contribution in [3.63, 3.8) is 0 Å². The van der Waals surface area contributed by atoms with Gasteiger partial charge in [-0.2, -0.15) is 0 Å². The van der Waals surface area contributed by atoms with Crippen LogP contribution in [0.15, 0.2) is 33.6 Å². The van der Waals surface area contributed by atoms with E-state index in [1.165, 1.54) is 0 Å². The highest BCUT2D eigenvalue weighted by Crippen LogP contribution is 2.28. The van der Waals surface area contributed by atoms with E-state index in [4.69, 9.17) is 4.74 Å². The maximum absolute atomic E-state index is 12.1. The zero-order valence-corrected chi connectivity index (χ0v) is 10.4. The average Bonchev–Trinajstić information content (AvgIpc) is 2.71. The first-order chi connectivity index (χ1) is 7.12. The Morgan fingerprint density at radius 1 is 1.33 bits per heavy atom. The Bertz CT molecular complexity index is 449. The van der Waals surface area contributed by atoms with Gasteiger partial charge in [0.05, 0.1) is 16.8 Å². The molecular weight excluding hydrogens is 280 g/mol. The summed E-state index contributed by atoms with van der Waals surface area (Å²) in [6.07, 6.45) is 0.587. The quantitative estimate of drug-likeness (QED) is 0.837. The first-order valence-electron chi connectivity index (χ1n) is 4.68. The first-order valence-corrected chi connectivity index (χ1v) is 7.02. The molecule has 5 heteroatoms. The van der Waals surface area contributed by atoms with E-state index >= 15 is 0 Å². The monoisotopic (exact) mass is 290 g/mol. The number of halogens is 1. The molecule has 1 aromatic carbocycles. The molecule has 3 nitrogen and oxygen atoms in total.